The molecular formula is C14H19N3O3S. The van der Waals surface area contributed by atoms with Gasteiger partial charge in [0.1, 0.15) is 5.52 Å². The number of nitrogens with zero attached hydrogens (tertiary/aromatic N) is 3. The summed E-state index contributed by atoms with van der Waals surface area (Å²) in [6.07, 6.45) is 2.09. The molecule has 1 saturated heterocycles. The largest absolute Gasteiger partial charge is 0.439 e. The fraction of sp³-hybridized carbons (Fsp3) is 0.500. The molecule has 21 heavy (non-hydrogen) atoms. The molecule has 1 aromatic heterocycles. The maximum Gasteiger partial charge on any atom is 0.211 e. The zero-order valence-corrected chi connectivity index (χ0v) is 12.8. The van der Waals surface area contributed by atoms with Crippen LogP contribution < -0.4 is 0 Å². The van der Waals surface area contributed by atoms with Crippen molar-refractivity contribution in [2.45, 2.75) is 13.0 Å². The minimum Gasteiger partial charge on any atom is -0.439 e. The highest BCUT2D eigenvalue weighted by atomic mass is 32.2. The first-order chi connectivity index (χ1) is 10.0. The molecule has 0 N–H and O–H groups in total. The normalized spacial score (nSPS) is 18.9. The number of aromatic nitrogens is 1. The van der Waals surface area contributed by atoms with E-state index in [-0.39, 0.29) is 0 Å². The number of rotatable bonds is 3. The van der Waals surface area contributed by atoms with Crippen LogP contribution in [0.15, 0.2) is 28.7 Å². The Bertz CT molecular complexity index is 693. The molecule has 0 bridgehead atoms. The number of oxazole rings is 1. The molecule has 0 atom stereocenters. The molecule has 0 radical (unpaired) electrons. The Morgan fingerprint density at radius 3 is 2.76 bits per heavy atom. The summed E-state index contributed by atoms with van der Waals surface area (Å²) >= 11 is 0. The van der Waals surface area contributed by atoms with Gasteiger partial charge in [-0.1, -0.05) is 12.1 Å². The van der Waals surface area contributed by atoms with E-state index in [1.807, 2.05) is 24.3 Å². The van der Waals surface area contributed by atoms with E-state index in [1.165, 1.54) is 6.26 Å². The van der Waals surface area contributed by atoms with Crippen molar-refractivity contribution in [2.24, 2.45) is 0 Å². The van der Waals surface area contributed by atoms with E-state index in [4.69, 9.17) is 4.42 Å². The lowest BCUT2D eigenvalue weighted by Gasteiger charge is -2.19. The van der Waals surface area contributed by atoms with Crippen LogP contribution in [0.1, 0.15) is 12.3 Å². The van der Waals surface area contributed by atoms with Gasteiger partial charge in [0.2, 0.25) is 15.9 Å². The van der Waals surface area contributed by atoms with E-state index in [9.17, 15) is 8.42 Å². The van der Waals surface area contributed by atoms with Crippen molar-refractivity contribution in [3.05, 3.63) is 30.2 Å². The molecule has 0 amide bonds. The smallest absolute Gasteiger partial charge is 0.211 e. The van der Waals surface area contributed by atoms with Gasteiger partial charge in [0.25, 0.3) is 0 Å². The van der Waals surface area contributed by atoms with Gasteiger partial charge in [-0.3, -0.25) is 4.90 Å². The SMILES string of the molecule is CS(=O)(=O)N1CCCN(Cc2nc3ccccc3o2)CC1. The van der Waals surface area contributed by atoms with Crippen LogP contribution in [0.2, 0.25) is 0 Å². The molecule has 3 rings (SSSR count). The lowest BCUT2D eigenvalue weighted by atomic mass is 10.3. The van der Waals surface area contributed by atoms with Crippen LogP contribution in [-0.4, -0.2) is 55.0 Å². The van der Waals surface area contributed by atoms with Gasteiger partial charge in [-0.05, 0) is 25.1 Å². The minimum atomic E-state index is -3.10. The Kier molecular flexibility index (Phi) is 3.97. The first-order valence-electron chi connectivity index (χ1n) is 7.04. The number of fused-ring (bicyclic) bond motifs is 1. The molecule has 7 heteroatoms. The second-order valence-corrected chi connectivity index (χ2v) is 7.35. The van der Waals surface area contributed by atoms with Gasteiger partial charge in [0, 0.05) is 19.6 Å². The molecule has 114 valence electrons. The lowest BCUT2D eigenvalue weighted by molar-refractivity contribution is 0.253. The molecule has 2 aromatic rings. The highest BCUT2D eigenvalue weighted by Crippen LogP contribution is 2.17. The average molecular weight is 309 g/mol. The zero-order valence-electron chi connectivity index (χ0n) is 12.0. The predicted molar refractivity (Wildman–Crippen MR) is 80.3 cm³/mol. The van der Waals surface area contributed by atoms with E-state index in [0.29, 0.717) is 32.1 Å². The highest BCUT2D eigenvalue weighted by molar-refractivity contribution is 7.88. The summed E-state index contributed by atoms with van der Waals surface area (Å²) in [4.78, 5) is 6.66. The maximum atomic E-state index is 11.6. The third-order valence-corrected chi connectivity index (χ3v) is 5.02. The quantitative estimate of drug-likeness (QED) is 0.855. The second-order valence-electron chi connectivity index (χ2n) is 5.37. The number of benzene rings is 1. The number of para-hydroxylation sites is 2. The summed E-state index contributed by atoms with van der Waals surface area (Å²) in [6.45, 7) is 3.28. The molecule has 2 heterocycles. The predicted octanol–water partition coefficient (Wildman–Crippen LogP) is 1.30. The molecule has 0 aliphatic carbocycles. The van der Waals surface area contributed by atoms with E-state index in [0.717, 1.165) is 24.1 Å². The summed E-state index contributed by atoms with van der Waals surface area (Å²) in [7, 11) is -3.10. The van der Waals surface area contributed by atoms with Crippen LogP contribution in [0.3, 0.4) is 0 Å². The minimum absolute atomic E-state index is 0.527. The van der Waals surface area contributed by atoms with Gasteiger partial charge in [-0.2, -0.15) is 0 Å². The Morgan fingerprint density at radius 2 is 2.00 bits per heavy atom. The van der Waals surface area contributed by atoms with Crippen LogP contribution in [0, 0.1) is 0 Å². The first-order valence-corrected chi connectivity index (χ1v) is 8.89. The average Bonchev–Trinajstić information content (AvgIpc) is 2.66. The van der Waals surface area contributed by atoms with Crippen molar-refractivity contribution in [1.29, 1.82) is 0 Å². The lowest BCUT2D eigenvalue weighted by Crippen LogP contribution is -2.34. The molecule has 1 fully saturated rings. The molecule has 0 unspecified atom stereocenters. The van der Waals surface area contributed by atoms with E-state index < -0.39 is 10.0 Å². The molecule has 1 aromatic carbocycles. The van der Waals surface area contributed by atoms with Crippen molar-refractivity contribution in [3.63, 3.8) is 0 Å². The summed E-state index contributed by atoms with van der Waals surface area (Å²) in [5.41, 5.74) is 1.65. The maximum absolute atomic E-state index is 11.6. The van der Waals surface area contributed by atoms with E-state index >= 15 is 0 Å². The Labute approximate surface area is 124 Å². The number of hydrogen-bond donors (Lipinski definition) is 0. The van der Waals surface area contributed by atoms with E-state index in [2.05, 4.69) is 9.88 Å². The molecule has 1 aliphatic rings. The summed E-state index contributed by atoms with van der Waals surface area (Å²) in [6, 6.07) is 7.69. The van der Waals surface area contributed by atoms with Crippen molar-refractivity contribution >= 4 is 21.1 Å². The highest BCUT2D eigenvalue weighted by Gasteiger charge is 2.22. The molecule has 6 nitrogen and oxygen atoms in total. The standard InChI is InChI=1S/C14H19N3O3S/c1-21(18,19)17-8-4-7-16(9-10-17)11-14-15-12-5-2-3-6-13(12)20-14/h2-3,5-6H,4,7-11H2,1H3. The first kappa shape index (κ1) is 14.5. The fourth-order valence-corrected chi connectivity index (χ4v) is 3.49. The third-order valence-electron chi connectivity index (χ3n) is 3.71. The monoisotopic (exact) mass is 309 g/mol. The van der Waals surface area contributed by atoms with Gasteiger partial charge >= 0.3 is 0 Å². The van der Waals surface area contributed by atoms with Crippen molar-refractivity contribution in [1.82, 2.24) is 14.2 Å². The van der Waals surface area contributed by atoms with Gasteiger partial charge in [-0.25, -0.2) is 17.7 Å². The molecular weight excluding hydrogens is 290 g/mol. The molecule has 0 saturated carbocycles. The van der Waals surface area contributed by atoms with Crippen LogP contribution >= 0.6 is 0 Å². The van der Waals surface area contributed by atoms with Crippen LogP contribution in [0.25, 0.3) is 11.1 Å². The van der Waals surface area contributed by atoms with Gasteiger partial charge in [0.15, 0.2) is 5.58 Å². The van der Waals surface area contributed by atoms with Crippen molar-refractivity contribution < 1.29 is 12.8 Å². The van der Waals surface area contributed by atoms with Crippen LogP contribution in [0.5, 0.6) is 0 Å². The molecule has 0 spiro atoms. The van der Waals surface area contributed by atoms with Gasteiger partial charge in [0.05, 0.1) is 12.8 Å². The van der Waals surface area contributed by atoms with Crippen molar-refractivity contribution in [3.8, 4) is 0 Å². The summed E-state index contributed by atoms with van der Waals surface area (Å²) in [5.74, 6) is 0.684. The van der Waals surface area contributed by atoms with Crippen LogP contribution in [-0.2, 0) is 16.6 Å². The van der Waals surface area contributed by atoms with E-state index in [1.54, 1.807) is 4.31 Å². The second kappa shape index (κ2) is 5.75. The number of sulfonamides is 1. The molecule has 1 aliphatic heterocycles. The number of hydrogen-bond acceptors (Lipinski definition) is 5. The Morgan fingerprint density at radius 1 is 1.19 bits per heavy atom. The third kappa shape index (κ3) is 3.42. The van der Waals surface area contributed by atoms with Crippen LogP contribution in [0.4, 0.5) is 0 Å². The summed E-state index contributed by atoms with van der Waals surface area (Å²) in [5, 5.41) is 0. The van der Waals surface area contributed by atoms with Gasteiger partial charge in [-0.15, -0.1) is 0 Å². The topological polar surface area (TPSA) is 66.7 Å². The Hall–Kier alpha value is -1.44. The summed E-state index contributed by atoms with van der Waals surface area (Å²) < 4.78 is 30.5. The van der Waals surface area contributed by atoms with Gasteiger partial charge < -0.3 is 4.42 Å². The fourth-order valence-electron chi connectivity index (χ4n) is 2.62. The Balaban J connectivity index is 1.68. The van der Waals surface area contributed by atoms with Crippen molar-refractivity contribution in [2.75, 3.05) is 32.4 Å². The zero-order chi connectivity index (χ0) is 14.9.